The number of aromatic nitrogens is 3. The first-order valence-corrected chi connectivity index (χ1v) is 10.7. The van der Waals surface area contributed by atoms with Gasteiger partial charge in [0.05, 0.1) is 12.4 Å². The van der Waals surface area contributed by atoms with Crippen molar-refractivity contribution >= 4 is 23.4 Å². The Morgan fingerprint density at radius 2 is 1.90 bits per heavy atom. The van der Waals surface area contributed by atoms with Crippen molar-refractivity contribution < 1.29 is 9.53 Å². The smallest absolute Gasteiger partial charge is 0.237 e. The summed E-state index contributed by atoms with van der Waals surface area (Å²) in [5.74, 6) is 1.42. The molecule has 156 valence electrons. The molecule has 3 aromatic rings. The molecule has 1 heterocycles. The lowest BCUT2D eigenvalue weighted by molar-refractivity contribution is -0.115. The molecule has 0 aliphatic rings. The number of hydrogen-bond acceptors (Lipinski definition) is 5. The third-order valence-electron chi connectivity index (χ3n) is 4.66. The number of nitrogens with zero attached hydrogens (tertiary/aromatic N) is 3. The van der Waals surface area contributed by atoms with Gasteiger partial charge in [0.1, 0.15) is 5.75 Å². The van der Waals surface area contributed by atoms with Gasteiger partial charge in [-0.05, 0) is 55.3 Å². The van der Waals surface area contributed by atoms with Crippen LogP contribution < -0.4 is 10.1 Å². The topological polar surface area (TPSA) is 69.0 Å². The Morgan fingerprint density at radius 1 is 1.20 bits per heavy atom. The molecular formula is C23H26N4O2S. The van der Waals surface area contributed by atoms with Gasteiger partial charge in [0.15, 0.2) is 11.0 Å². The standard InChI is InChI=1S/C23H26N4O2S/c1-5-15-27-21(18-9-13-20(29-4)14-10-18)25-26-23(27)30-16(3)22(28)24-19-11-7-17(6-2)8-12-19/h5,7-14,16H,1,6,15H2,2-4H3,(H,24,28)/t16-/m1/s1. The van der Waals surface area contributed by atoms with Crippen LogP contribution in [-0.4, -0.2) is 33.0 Å². The lowest BCUT2D eigenvalue weighted by Gasteiger charge is -2.13. The van der Waals surface area contributed by atoms with Gasteiger partial charge in [-0.3, -0.25) is 9.36 Å². The van der Waals surface area contributed by atoms with Gasteiger partial charge < -0.3 is 10.1 Å². The summed E-state index contributed by atoms with van der Waals surface area (Å²) in [5, 5.41) is 12.0. The van der Waals surface area contributed by atoms with Gasteiger partial charge in [0, 0.05) is 17.8 Å². The Labute approximate surface area is 181 Å². The molecule has 0 bridgehead atoms. The molecule has 7 heteroatoms. The molecule has 0 unspecified atom stereocenters. The van der Waals surface area contributed by atoms with E-state index < -0.39 is 0 Å². The highest BCUT2D eigenvalue weighted by atomic mass is 32.2. The fourth-order valence-electron chi connectivity index (χ4n) is 2.90. The minimum Gasteiger partial charge on any atom is -0.497 e. The summed E-state index contributed by atoms with van der Waals surface area (Å²) in [4.78, 5) is 12.7. The molecule has 1 N–H and O–H groups in total. The average molecular weight is 423 g/mol. The maximum absolute atomic E-state index is 12.7. The fourth-order valence-corrected chi connectivity index (χ4v) is 3.76. The number of thioether (sulfide) groups is 1. The molecule has 1 amide bonds. The molecule has 0 aliphatic heterocycles. The number of methoxy groups -OCH3 is 1. The summed E-state index contributed by atoms with van der Waals surface area (Å²) in [6.45, 7) is 8.35. The largest absolute Gasteiger partial charge is 0.497 e. The van der Waals surface area contributed by atoms with Crippen LogP contribution in [0.3, 0.4) is 0 Å². The summed E-state index contributed by atoms with van der Waals surface area (Å²) in [5.41, 5.74) is 2.94. The van der Waals surface area contributed by atoms with Crippen LogP contribution in [0.4, 0.5) is 5.69 Å². The first-order valence-electron chi connectivity index (χ1n) is 9.80. The molecule has 0 aliphatic carbocycles. The number of hydrogen-bond donors (Lipinski definition) is 1. The summed E-state index contributed by atoms with van der Waals surface area (Å²) in [6, 6.07) is 15.5. The minimum absolute atomic E-state index is 0.0802. The number of aryl methyl sites for hydroxylation is 1. The normalized spacial score (nSPS) is 11.7. The molecule has 1 atom stereocenters. The van der Waals surface area contributed by atoms with Crippen molar-refractivity contribution in [1.82, 2.24) is 14.8 Å². The zero-order valence-corrected chi connectivity index (χ0v) is 18.3. The van der Waals surface area contributed by atoms with Crippen molar-refractivity contribution in [3.8, 4) is 17.1 Å². The second-order valence-electron chi connectivity index (χ2n) is 6.73. The summed E-state index contributed by atoms with van der Waals surface area (Å²) in [6.07, 6.45) is 2.76. The van der Waals surface area contributed by atoms with Gasteiger partial charge in [0.25, 0.3) is 0 Å². The van der Waals surface area contributed by atoms with Gasteiger partial charge in [-0.15, -0.1) is 16.8 Å². The maximum atomic E-state index is 12.7. The van der Waals surface area contributed by atoms with Crippen molar-refractivity contribution in [3.05, 3.63) is 66.7 Å². The van der Waals surface area contributed by atoms with Gasteiger partial charge in [-0.1, -0.05) is 36.9 Å². The van der Waals surface area contributed by atoms with Crippen molar-refractivity contribution in [1.29, 1.82) is 0 Å². The van der Waals surface area contributed by atoms with Crippen molar-refractivity contribution in [3.63, 3.8) is 0 Å². The van der Waals surface area contributed by atoms with E-state index in [1.165, 1.54) is 17.3 Å². The van der Waals surface area contributed by atoms with Crippen LogP contribution in [-0.2, 0) is 17.8 Å². The molecule has 6 nitrogen and oxygen atoms in total. The molecule has 30 heavy (non-hydrogen) atoms. The molecule has 0 saturated heterocycles. The molecular weight excluding hydrogens is 396 g/mol. The van der Waals surface area contributed by atoms with Crippen LogP contribution >= 0.6 is 11.8 Å². The van der Waals surface area contributed by atoms with Crippen LogP contribution in [0.2, 0.25) is 0 Å². The zero-order chi connectivity index (χ0) is 21.5. The van der Waals surface area contributed by atoms with Crippen LogP contribution in [0.15, 0.2) is 66.3 Å². The van der Waals surface area contributed by atoms with Gasteiger partial charge in [-0.25, -0.2) is 0 Å². The van der Waals surface area contributed by atoms with Crippen LogP contribution in [0, 0.1) is 0 Å². The number of nitrogens with one attached hydrogen (secondary N) is 1. The Hall–Kier alpha value is -3.06. The monoisotopic (exact) mass is 422 g/mol. The van der Waals surface area contributed by atoms with E-state index in [-0.39, 0.29) is 11.2 Å². The van der Waals surface area contributed by atoms with E-state index in [9.17, 15) is 4.79 Å². The number of allylic oxidation sites excluding steroid dienone is 1. The number of rotatable bonds is 9. The van der Waals surface area contributed by atoms with E-state index in [2.05, 4.69) is 29.0 Å². The fraction of sp³-hybridized carbons (Fsp3) is 0.261. The molecule has 0 spiro atoms. The highest BCUT2D eigenvalue weighted by molar-refractivity contribution is 8.00. The second-order valence-corrected chi connectivity index (χ2v) is 8.04. The molecule has 0 saturated carbocycles. The Bertz CT molecular complexity index is 997. The van der Waals surface area contributed by atoms with Crippen LogP contribution in [0.5, 0.6) is 5.75 Å². The van der Waals surface area contributed by atoms with Gasteiger partial charge in [0.2, 0.25) is 5.91 Å². The summed E-state index contributed by atoms with van der Waals surface area (Å²) >= 11 is 1.37. The SMILES string of the molecule is C=CCn1c(S[C@H](C)C(=O)Nc2ccc(CC)cc2)nnc1-c1ccc(OC)cc1. The summed E-state index contributed by atoms with van der Waals surface area (Å²) < 4.78 is 7.18. The molecule has 0 fully saturated rings. The van der Waals surface area contributed by atoms with E-state index >= 15 is 0 Å². The number of carbonyl (C=O) groups is 1. The van der Waals surface area contributed by atoms with E-state index in [1.807, 2.05) is 60.0 Å². The molecule has 0 radical (unpaired) electrons. The molecule has 1 aromatic heterocycles. The lowest BCUT2D eigenvalue weighted by atomic mass is 10.1. The number of carbonyl (C=O) groups excluding carboxylic acids is 1. The van der Waals surface area contributed by atoms with Gasteiger partial charge in [-0.2, -0.15) is 0 Å². The van der Waals surface area contributed by atoms with Gasteiger partial charge >= 0.3 is 0 Å². The first kappa shape index (κ1) is 21.6. The highest BCUT2D eigenvalue weighted by Crippen LogP contribution is 2.28. The predicted octanol–water partition coefficient (Wildman–Crippen LogP) is 4.82. The number of ether oxygens (including phenoxy) is 1. The van der Waals surface area contributed by atoms with Crippen molar-refractivity contribution in [2.45, 2.75) is 37.2 Å². The third kappa shape index (κ3) is 5.10. The Balaban J connectivity index is 1.74. The quantitative estimate of drug-likeness (QED) is 0.395. The number of anilines is 1. The van der Waals surface area contributed by atoms with E-state index in [0.717, 1.165) is 29.2 Å². The summed E-state index contributed by atoms with van der Waals surface area (Å²) in [7, 11) is 1.63. The second kappa shape index (κ2) is 10.1. The highest BCUT2D eigenvalue weighted by Gasteiger charge is 2.20. The van der Waals surface area contributed by atoms with Crippen LogP contribution in [0.1, 0.15) is 19.4 Å². The van der Waals surface area contributed by atoms with E-state index in [1.54, 1.807) is 13.2 Å². The van der Waals surface area contributed by atoms with E-state index in [4.69, 9.17) is 4.74 Å². The van der Waals surface area contributed by atoms with Crippen LogP contribution in [0.25, 0.3) is 11.4 Å². The molecule has 3 rings (SSSR count). The molecule has 2 aromatic carbocycles. The number of benzene rings is 2. The number of amides is 1. The Morgan fingerprint density at radius 3 is 2.50 bits per heavy atom. The van der Waals surface area contributed by atoms with Crippen molar-refractivity contribution in [2.24, 2.45) is 0 Å². The minimum atomic E-state index is -0.340. The average Bonchev–Trinajstić information content (AvgIpc) is 3.16. The lowest BCUT2D eigenvalue weighted by Crippen LogP contribution is -2.23. The third-order valence-corrected chi connectivity index (χ3v) is 5.74. The zero-order valence-electron chi connectivity index (χ0n) is 17.5. The Kier molecular flexibility index (Phi) is 7.30. The predicted molar refractivity (Wildman–Crippen MR) is 122 cm³/mol. The maximum Gasteiger partial charge on any atom is 0.237 e. The van der Waals surface area contributed by atoms with Crippen molar-refractivity contribution in [2.75, 3.05) is 12.4 Å². The van der Waals surface area contributed by atoms with E-state index in [0.29, 0.717) is 11.7 Å². The first-order chi connectivity index (χ1) is 14.5.